The summed E-state index contributed by atoms with van der Waals surface area (Å²) in [6.07, 6.45) is -0.456. The normalized spacial score (nSPS) is 10.1. The van der Waals surface area contributed by atoms with E-state index >= 15 is 0 Å². The Balaban J connectivity index is 3.08. The minimum absolute atomic E-state index is 0.456. The van der Waals surface area contributed by atoms with Gasteiger partial charge >= 0.3 is 0 Å². The van der Waals surface area contributed by atoms with E-state index in [1.54, 1.807) is 32.4 Å². The molecule has 0 fully saturated rings. The number of rotatable bonds is 4. The summed E-state index contributed by atoms with van der Waals surface area (Å²) in [4.78, 5) is 0. The van der Waals surface area contributed by atoms with E-state index in [9.17, 15) is 0 Å². The van der Waals surface area contributed by atoms with Crippen molar-refractivity contribution in [2.45, 2.75) is 6.29 Å². The third kappa shape index (κ3) is 2.46. The molecule has 0 aliphatic carbocycles. The summed E-state index contributed by atoms with van der Waals surface area (Å²) in [7, 11) is 4.62. The maximum Gasteiger partial charge on any atom is 0.183 e. The number of nitriles is 1. The van der Waals surface area contributed by atoms with E-state index < -0.39 is 6.29 Å². The van der Waals surface area contributed by atoms with Crippen LogP contribution in [0.5, 0.6) is 5.75 Å². The summed E-state index contributed by atoms with van der Waals surface area (Å²) in [5.41, 5.74) is 1.26. The molecule has 0 aliphatic heterocycles. The van der Waals surface area contributed by atoms with Gasteiger partial charge in [0.1, 0.15) is 11.8 Å². The van der Waals surface area contributed by atoms with Gasteiger partial charge in [-0.3, -0.25) is 0 Å². The fourth-order valence-corrected chi connectivity index (χ4v) is 1.33. The van der Waals surface area contributed by atoms with Crippen LogP contribution in [0.2, 0.25) is 0 Å². The van der Waals surface area contributed by atoms with Gasteiger partial charge in [-0.05, 0) is 12.1 Å². The fraction of sp³-hybridized carbons (Fsp3) is 0.364. The summed E-state index contributed by atoms with van der Waals surface area (Å²) < 4.78 is 15.2. The van der Waals surface area contributed by atoms with Crippen molar-refractivity contribution in [2.24, 2.45) is 0 Å². The molecule has 1 aromatic carbocycles. The van der Waals surface area contributed by atoms with Gasteiger partial charge in [0.25, 0.3) is 0 Å². The third-order valence-corrected chi connectivity index (χ3v) is 2.04. The van der Waals surface area contributed by atoms with Gasteiger partial charge in [0.2, 0.25) is 0 Å². The minimum Gasteiger partial charge on any atom is -0.495 e. The second-order valence-corrected chi connectivity index (χ2v) is 2.87. The van der Waals surface area contributed by atoms with Crippen LogP contribution in [-0.4, -0.2) is 21.3 Å². The van der Waals surface area contributed by atoms with Gasteiger partial charge in [0.05, 0.1) is 12.7 Å². The monoisotopic (exact) mass is 207 g/mol. The fourth-order valence-electron chi connectivity index (χ4n) is 1.33. The zero-order valence-electron chi connectivity index (χ0n) is 8.98. The molecule has 1 aromatic rings. The van der Waals surface area contributed by atoms with Crippen molar-refractivity contribution in [1.29, 1.82) is 5.26 Å². The van der Waals surface area contributed by atoms with Crippen molar-refractivity contribution < 1.29 is 14.2 Å². The number of nitrogens with zero attached hydrogens (tertiary/aromatic N) is 1. The molecule has 0 atom stereocenters. The van der Waals surface area contributed by atoms with Gasteiger partial charge in [-0.15, -0.1) is 0 Å². The lowest BCUT2D eigenvalue weighted by Crippen LogP contribution is -2.04. The first-order valence-electron chi connectivity index (χ1n) is 4.40. The predicted octanol–water partition coefficient (Wildman–Crippen LogP) is 1.86. The summed E-state index contributed by atoms with van der Waals surface area (Å²) in [5.74, 6) is 0.548. The van der Waals surface area contributed by atoms with Gasteiger partial charge in [-0.25, -0.2) is 0 Å². The van der Waals surface area contributed by atoms with Crippen LogP contribution in [0.4, 0.5) is 0 Å². The first-order valence-corrected chi connectivity index (χ1v) is 4.40. The summed E-state index contributed by atoms with van der Waals surface area (Å²) in [6, 6.07) is 7.27. The smallest absolute Gasteiger partial charge is 0.183 e. The Bertz CT molecular complexity index is 367. The molecular formula is C11H13NO3. The summed E-state index contributed by atoms with van der Waals surface area (Å²) in [5, 5.41) is 8.89. The van der Waals surface area contributed by atoms with Crippen molar-refractivity contribution in [3.63, 3.8) is 0 Å². The van der Waals surface area contributed by atoms with Gasteiger partial charge in [0, 0.05) is 19.8 Å². The van der Waals surface area contributed by atoms with Gasteiger partial charge < -0.3 is 14.2 Å². The van der Waals surface area contributed by atoms with Gasteiger partial charge in [-0.2, -0.15) is 5.26 Å². The highest BCUT2D eigenvalue weighted by Crippen LogP contribution is 2.24. The van der Waals surface area contributed by atoms with Crippen LogP contribution in [0, 0.1) is 11.3 Å². The molecule has 15 heavy (non-hydrogen) atoms. The molecule has 80 valence electrons. The lowest BCUT2D eigenvalue weighted by molar-refractivity contribution is -0.106. The molecule has 0 bridgehead atoms. The molecule has 4 nitrogen and oxygen atoms in total. The van der Waals surface area contributed by atoms with Crippen molar-refractivity contribution in [1.82, 2.24) is 0 Å². The molecule has 0 saturated heterocycles. The summed E-state index contributed by atoms with van der Waals surface area (Å²) in [6.45, 7) is 0. The Morgan fingerprint density at radius 1 is 1.20 bits per heavy atom. The lowest BCUT2D eigenvalue weighted by Gasteiger charge is -2.14. The molecule has 0 unspecified atom stereocenters. The largest absolute Gasteiger partial charge is 0.495 e. The Labute approximate surface area is 89.0 Å². The van der Waals surface area contributed by atoms with E-state index in [0.29, 0.717) is 11.3 Å². The van der Waals surface area contributed by atoms with Crippen molar-refractivity contribution >= 4 is 0 Å². The Morgan fingerprint density at radius 3 is 2.33 bits per heavy atom. The lowest BCUT2D eigenvalue weighted by atomic mass is 10.1. The van der Waals surface area contributed by atoms with Crippen LogP contribution in [-0.2, 0) is 9.47 Å². The molecule has 4 heteroatoms. The van der Waals surface area contributed by atoms with Crippen LogP contribution < -0.4 is 4.74 Å². The number of methoxy groups -OCH3 is 3. The summed E-state index contributed by atoms with van der Waals surface area (Å²) >= 11 is 0. The Kier molecular flexibility index (Phi) is 4.10. The van der Waals surface area contributed by atoms with Crippen LogP contribution >= 0.6 is 0 Å². The number of hydrogen-bond donors (Lipinski definition) is 0. The highest BCUT2D eigenvalue weighted by Gasteiger charge is 2.11. The second kappa shape index (κ2) is 5.35. The molecule has 0 N–H and O–H groups in total. The molecule has 0 spiro atoms. The minimum atomic E-state index is -0.456. The van der Waals surface area contributed by atoms with Crippen LogP contribution in [0.15, 0.2) is 18.2 Å². The number of ether oxygens (including phenoxy) is 3. The molecule has 0 amide bonds. The van der Waals surface area contributed by atoms with Crippen molar-refractivity contribution in [3.8, 4) is 11.8 Å². The number of benzene rings is 1. The molecule has 0 aliphatic rings. The maximum absolute atomic E-state index is 8.89. The van der Waals surface area contributed by atoms with E-state index in [1.165, 1.54) is 7.11 Å². The SMILES string of the molecule is COc1ccc(C(OC)OC)cc1C#N. The third-order valence-electron chi connectivity index (χ3n) is 2.04. The topological polar surface area (TPSA) is 51.5 Å². The van der Waals surface area contributed by atoms with E-state index in [0.717, 1.165) is 5.56 Å². The molecular weight excluding hydrogens is 194 g/mol. The first-order chi connectivity index (χ1) is 7.26. The average Bonchev–Trinajstić information content (AvgIpc) is 2.30. The van der Waals surface area contributed by atoms with Gasteiger partial charge in [-0.1, -0.05) is 6.07 Å². The second-order valence-electron chi connectivity index (χ2n) is 2.87. The zero-order valence-corrected chi connectivity index (χ0v) is 8.98. The molecule has 0 saturated carbocycles. The maximum atomic E-state index is 8.89. The van der Waals surface area contributed by atoms with E-state index in [-0.39, 0.29) is 0 Å². The van der Waals surface area contributed by atoms with E-state index in [4.69, 9.17) is 19.5 Å². The standard InChI is InChI=1S/C11H13NO3/c1-13-10-5-4-8(6-9(10)7-12)11(14-2)15-3/h4-6,11H,1-3H3. The number of hydrogen-bond acceptors (Lipinski definition) is 4. The Morgan fingerprint density at radius 2 is 1.87 bits per heavy atom. The molecule has 0 radical (unpaired) electrons. The highest BCUT2D eigenvalue weighted by atomic mass is 16.7. The van der Waals surface area contributed by atoms with Crippen LogP contribution in [0.1, 0.15) is 17.4 Å². The highest BCUT2D eigenvalue weighted by molar-refractivity contribution is 5.45. The van der Waals surface area contributed by atoms with E-state index in [1.807, 2.05) is 0 Å². The molecule has 1 rings (SSSR count). The first kappa shape index (κ1) is 11.5. The zero-order chi connectivity index (χ0) is 11.3. The van der Waals surface area contributed by atoms with Crippen LogP contribution in [0.25, 0.3) is 0 Å². The average molecular weight is 207 g/mol. The predicted molar refractivity (Wildman–Crippen MR) is 54.5 cm³/mol. The van der Waals surface area contributed by atoms with E-state index in [2.05, 4.69) is 6.07 Å². The van der Waals surface area contributed by atoms with Crippen molar-refractivity contribution in [3.05, 3.63) is 29.3 Å². The quantitative estimate of drug-likeness (QED) is 0.707. The van der Waals surface area contributed by atoms with Crippen LogP contribution in [0.3, 0.4) is 0 Å². The Hall–Kier alpha value is -1.57. The molecule has 0 aromatic heterocycles. The van der Waals surface area contributed by atoms with Gasteiger partial charge in [0.15, 0.2) is 6.29 Å². The van der Waals surface area contributed by atoms with Crippen molar-refractivity contribution in [2.75, 3.05) is 21.3 Å². The molecule has 0 heterocycles.